The topological polar surface area (TPSA) is 55.9 Å². The molecule has 19 heavy (non-hydrogen) atoms. The molecule has 104 valence electrons. The molecule has 0 saturated carbocycles. The van der Waals surface area contributed by atoms with Crippen LogP contribution < -0.4 is 5.32 Å². The zero-order valence-corrected chi connectivity index (χ0v) is 12.3. The lowest BCUT2D eigenvalue weighted by Gasteiger charge is -2.06. The molecule has 5 nitrogen and oxygen atoms in total. The predicted octanol–water partition coefficient (Wildman–Crippen LogP) is 2.44. The van der Waals surface area contributed by atoms with Crippen LogP contribution in [0.3, 0.4) is 0 Å². The van der Waals surface area contributed by atoms with Crippen LogP contribution in [-0.4, -0.2) is 14.9 Å². The number of nitrogens with zero attached hydrogens (tertiary/aromatic N) is 3. The summed E-state index contributed by atoms with van der Waals surface area (Å²) in [5.41, 5.74) is 4.52. The Morgan fingerprint density at radius 2 is 2.05 bits per heavy atom. The van der Waals surface area contributed by atoms with Crippen molar-refractivity contribution >= 4 is 0 Å². The molecule has 0 aliphatic carbocycles. The standard InChI is InChI=1S/C14H22N4O/c1-9(2)14-12(8-18(5)16-14)6-15-7-13-10(3)17-19-11(13)4/h8-9,15H,6-7H2,1-5H3. The smallest absolute Gasteiger partial charge is 0.138 e. The van der Waals surface area contributed by atoms with Crippen molar-refractivity contribution in [3.05, 3.63) is 34.5 Å². The molecule has 0 fully saturated rings. The van der Waals surface area contributed by atoms with Gasteiger partial charge in [-0.3, -0.25) is 4.68 Å². The number of nitrogens with one attached hydrogen (secondary N) is 1. The lowest BCUT2D eigenvalue weighted by molar-refractivity contribution is 0.392. The maximum Gasteiger partial charge on any atom is 0.138 e. The lowest BCUT2D eigenvalue weighted by Crippen LogP contribution is -2.14. The van der Waals surface area contributed by atoms with Crippen molar-refractivity contribution in [2.45, 2.75) is 46.7 Å². The van der Waals surface area contributed by atoms with E-state index in [0.29, 0.717) is 5.92 Å². The molecule has 2 aromatic rings. The van der Waals surface area contributed by atoms with E-state index >= 15 is 0 Å². The second-order valence-corrected chi connectivity index (χ2v) is 5.27. The first kappa shape index (κ1) is 13.8. The Bertz CT molecular complexity index is 534. The number of hydrogen-bond donors (Lipinski definition) is 1. The summed E-state index contributed by atoms with van der Waals surface area (Å²) in [4.78, 5) is 0. The molecule has 0 aliphatic rings. The first-order chi connectivity index (χ1) is 8.99. The van der Waals surface area contributed by atoms with Crippen molar-refractivity contribution in [2.24, 2.45) is 7.05 Å². The van der Waals surface area contributed by atoms with Crippen molar-refractivity contribution in [3.63, 3.8) is 0 Å². The minimum Gasteiger partial charge on any atom is -0.361 e. The van der Waals surface area contributed by atoms with E-state index in [0.717, 1.165) is 35.8 Å². The van der Waals surface area contributed by atoms with Gasteiger partial charge in [-0.2, -0.15) is 5.10 Å². The Morgan fingerprint density at radius 1 is 1.32 bits per heavy atom. The average Bonchev–Trinajstić information content (AvgIpc) is 2.86. The lowest BCUT2D eigenvalue weighted by atomic mass is 10.1. The van der Waals surface area contributed by atoms with Crippen LogP contribution in [0.15, 0.2) is 10.7 Å². The summed E-state index contributed by atoms with van der Waals surface area (Å²) in [5.74, 6) is 1.33. The van der Waals surface area contributed by atoms with Crippen molar-refractivity contribution < 1.29 is 4.52 Å². The molecule has 0 spiro atoms. The molecule has 2 rings (SSSR count). The Hall–Kier alpha value is -1.62. The molecular formula is C14H22N4O. The van der Waals surface area contributed by atoms with Crippen LogP contribution in [-0.2, 0) is 20.1 Å². The molecule has 1 N–H and O–H groups in total. The number of aryl methyl sites for hydroxylation is 3. The van der Waals surface area contributed by atoms with Gasteiger partial charge in [-0.05, 0) is 19.8 Å². The Morgan fingerprint density at radius 3 is 2.63 bits per heavy atom. The minimum atomic E-state index is 0.442. The quantitative estimate of drug-likeness (QED) is 0.899. The summed E-state index contributed by atoms with van der Waals surface area (Å²) < 4.78 is 7.03. The second-order valence-electron chi connectivity index (χ2n) is 5.27. The van der Waals surface area contributed by atoms with Crippen molar-refractivity contribution in [1.29, 1.82) is 0 Å². The van der Waals surface area contributed by atoms with Crippen molar-refractivity contribution in [1.82, 2.24) is 20.3 Å². The van der Waals surface area contributed by atoms with Gasteiger partial charge in [-0.25, -0.2) is 0 Å². The van der Waals surface area contributed by atoms with Crippen LogP contribution in [0.4, 0.5) is 0 Å². The van der Waals surface area contributed by atoms with Crippen LogP contribution >= 0.6 is 0 Å². The average molecular weight is 262 g/mol. The van der Waals surface area contributed by atoms with Gasteiger partial charge in [0.15, 0.2) is 0 Å². The zero-order valence-electron chi connectivity index (χ0n) is 12.3. The maximum absolute atomic E-state index is 5.16. The van der Waals surface area contributed by atoms with E-state index < -0.39 is 0 Å². The molecule has 0 unspecified atom stereocenters. The van der Waals surface area contributed by atoms with E-state index in [9.17, 15) is 0 Å². The molecule has 0 saturated heterocycles. The first-order valence-corrected chi connectivity index (χ1v) is 6.64. The third kappa shape index (κ3) is 3.04. The molecule has 2 heterocycles. The van der Waals surface area contributed by atoms with Crippen LogP contribution in [0, 0.1) is 13.8 Å². The Labute approximate surface area is 114 Å². The molecule has 0 aliphatic heterocycles. The monoisotopic (exact) mass is 262 g/mol. The molecule has 0 aromatic carbocycles. The van der Waals surface area contributed by atoms with Gasteiger partial charge < -0.3 is 9.84 Å². The van der Waals surface area contributed by atoms with Crippen LogP contribution in [0.2, 0.25) is 0 Å². The van der Waals surface area contributed by atoms with Gasteiger partial charge in [0.1, 0.15) is 5.76 Å². The molecule has 0 amide bonds. The third-order valence-corrected chi connectivity index (χ3v) is 3.28. The molecule has 5 heteroatoms. The fourth-order valence-electron chi connectivity index (χ4n) is 2.25. The van der Waals surface area contributed by atoms with Crippen LogP contribution in [0.1, 0.15) is 48.0 Å². The van der Waals surface area contributed by atoms with E-state index in [4.69, 9.17) is 4.52 Å². The maximum atomic E-state index is 5.16. The van der Waals surface area contributed by atoms with Gasteiger partial charge >= 0.3 is 0 Å². The summed E-state index contributed by atoms with van der Waals surface area (Å²) in [6.45, 7) is 9.83. The molecule has 0 bridgehead atoms. The normalized spacial score (nSPS) is 11.5. The third-order valence-electron chi connectivity index (χ3n) is 3.28. The Kier molecular flexibility index (Phi) is 4.04. The van der Waals surface area contributed by atoms with Crippen LogP contribution in [0.25, 0.3) is 0 Å². The molecule has 0 atom stereocenters. The largest absolute Gasteiger partial charge is 0.361 e. The fraction of sp³-hybridized carbons (Fsp3) is 0.571. The van der Waals surface area contributed by atoms with Crippen LogP contribution in [0.5, 0.6) is 0 Å². The Balaban J connectivity index is 2.00. The van der Waals surface area contributed by atoms with Gasteiger partial charge in [-0.15, -0.1) is 0 Å². The second kappa shape index (κ2) is 5.57. The van der Waals surface area contributed by atoms with Crippen molar-refractivity contribution in [3.8, 4) is 0 Å². The van der Waals surface area contributed by atoms with Gasteiger partial charge in [0.25, 0.3) is 0 Å². The van der Waals surface area contributed by atoms with E-state index in [1.807, 2.05) is 25.6 Å². The summed E-state index contributed by atoms with van der Waals surface area (Å²) in [6.07, 6.45) is 2.08. The van der Waals surface area contributed by atoms with Gasteiger partial charge in [0.05, 0.1) is 11.4 Å². The van der Waals surface area contributed by atoms with E-state index in [-0.39, 0.29) is 0 Å². The van der Waals surface area contributed by atoms with E-state index in [2.05, 4.69) is 35.6 Å². The number of rotatable bonds is 5. The minimum absolute atomic E-state index is 0.442. The number of hydrogen-bond acceptors (Lipinski definition) is 4. The van der Waals surface area contributed by atoms with Crippen molar-refractivity contribution in [2.75, 3.05) is 0 Å². The molecule has 0 radical (unpaired) electrons. The molecule has 2 aromatic heterocycles. The summed E-state index contributed by atoms with van der Waals surface area (Å²) >= 11 is 0. The fourth-order valence-corrected chi connectivity index (χ4v) is 2.25. The highest BCUT2D eigenvalue weighted by atomic mass is 16.5. The summed E-state index contributed by atoms with van der Waals surface area (Å²) in [5, 5.41) is 11.9. The highest BCUT2D eigenvalue weighted by Gasteiger charge is 2.12. The van der Waals surface area contributed by atoms with E-state index in [1.165, 1.54) is 5.56 Å². The summed E-state index contributed by atoms with van der Waals surface area (Å²) in [7, 11) is 1.96. The summed E-state index contributed by atoms with van der Waals surface area (Å²) in [6, 6.07) is 0. The SMILES string of the molecule is Cc1noc(C)c1CNCc1cn(C)nc1C(C)C. The highest BCUT2D eigenvalue weighted by Crippen LogP contribution is 2.17. The van der Waals surface area contributed by atoms with Gasteiger partial charge in [0, 0.05) is 37.5 Å². The van der Waals surface area contributed by atoms with E-state index in [1.54, 1.807) is 0 Å². The van der Waals surface area contributed by atoms with Gasteiger partial charge in [-0.1, -0.05) is 19.0 Å². The molecular weight excluding hydrogens is 240 g/mol. The zero-order chi connectivity index (χ0) is 14.0. The first-order valence-electron chi connectivity index (χ1n) is 6.64. The predicted molar refractivity (Wildman–Crippen MR) is 73.8 cm³/mol. The highest BCUT2D eigenvalue weighted by molar-refractivity contribution is 5.22. The number of aromatic nitrogens is 3. The van der Waals surface area contributed by atoms with Gasteiger partial charge in [0.2, 0.25) is 0 Å².